The van der Waals surface area contributed by atoms with Crippen LogP contribution in [0.5, 0.6) is 0 Å². The number of amides is 1. The minimum atomic E-state index is -0.183. The number of likely N-dealkylation sites (tertiary alicyclic amines) is 1. The van der Waals surface area contributed by atoms with E-state index in [-0.39, 0.29) is 23.8 Å². The Hall–Kier alpha value is -1.98. The maximum Gasteiger partial charge on any atom is 0.308 e. The second kappa shape index (κ2) is 6.20. The van der Waals surface area contributed by atoms with Gasteiger partial charge in [-0.25, -0.2) is 0 Å². The predicted molar refractivity (Wildman–Crippen MR) is 79.9 cm³/mol. The third-order valence-corrected chi connectivity index (χ3v) is 3.96. The van der Waals surface area contributed by atoms with E-state index < -0.39 is 0 Å². The van der Waals surface area contributed by atoms with E-state index >= 15 is 0 Å². The van der Waals surface area contributed by atoms with Crippen molar-refractivity contribution in [2.75, 3.05) is 25.9 Å². The van der Waals surface area contributed by atoms with Crippen molar-refractivity contribution in [3.8, 4) is 0 Å². The van der Waals surface area contributed by atoms with Gasteiger partial charge in [-0.1, -0.05) is 0 Å². The van der Waals surface area contributed by atoms with Crippen LogP contribution < -0.4 is 5.73 Å². The summed E-state index contributed by atoms with van der Waals surface area (Å²) in [7, 11) is 1.40. The van der Waals surface area contributed by atoms with Gasteiger partial charge in [0.2, 0.25) is 0 Å². The van der Waals surface area contributed by atoms with Gasteiger partial charge in [-0.15, -0.1) is 0 Å². The molecule has 1 aromatic rings. The molecule has 0 bridgehead atoms. The van der Waals surface area contributed by atoms with Crippen LogP contribution in [0.25, 0.3) is 0 Å². The first-order chi connectivity index (χ1) is 9.93. The highest BCUT2D eigenvalue weighted by Crippen LogP contribution is 2.23. The van der Waals surface area contributed by atoms with Gasteiger partial charge in [0.05, 0.1) is 18.7 Å². The highest BCUT2D eigenvalue weighted by Gasteiger charge is 2.29. The lowest BCUT2D eigenvalue weighted by Crippen LogP contribution is -2.41. The Morgan fingerprint density at radius 3 is 2.48 bits per heavy atom. The molecule has 0 saturated carbocycles. The molecule has 1 aromatic heterocycles. The third-order valence-electron chi connectivity index (χ3n) is 3.96. The van der Waals surface area contributed by atoms with Gasteiger partial charge in [0.25, 0.3) is 5.91 Å². The number of carbonyl (C=O) groups excluding carboxylic acids is 2. The van der Waals surface area contributed by atoms with Gasteiger partial charge in [0.1, 0.15) is 5.69 Å². The fraction of sp³-hybridized carbons (Fsp3) is 0.600. The van der Waals surface area contributed by atoms with Crippen LogP contribution in [0.4, 0.5) is 5.69 Å². The number of methoxy groups -OCH3 is 1. The number of aromatic nitrogens is 1. The van der Waals surface area contributed by atoms with Crippen molar-refractivity contribution >= 4 is 17.6 Å². The van der Waals surface area contributed by atoms with E-state index in [2.05, 4.69) is 0 Å². The monoisotopic (exact) mass is 293 g/mol. The number of nitrogen functional groups attached to an aromatic ring is 1. The minimum Gasteiger partial charge on any atom is -0.469 e. The molecule has 2 rings (SSSR count). The van der Waals surface area contributed by atoms with E-state index in [4.69, 9.17) is 10.5 Å². The molecule has 0 atom stereocenters. The van der Waals surface area contributed by atoms with E-state index in [9.17, 15) is 9.59 Å². The predicted octanol–water partition coefficient (Wildman–Crippen LogP) is 1.68. The summed E-state index contributed by atoms with van der Waals surface area (Å²) in [6.07, 6.45) is 3.09. The number of rotatable bonds is 3. The summed E-state index contributed by atoms with van der Waals surface area (Å²) in [5.74, 6) is -0.304. The number of esters is 1. The number of anilines is 1. The molecule has 6 heteroatoms. The van der Waals surface area contributed by atoms with Crippen LogP contribution in [0.15, 0.2) is 12.3 Å². The summed E-state index contributed by atoms with van der Waals surface area (Å²) >= 11 is 0. The highest BCUT2D eigenvalue weighted by atomic mass is 16.5. The van der Waals surface area contributed by atoms with Crippen LogP contribution in [0.2, 0.25) is 0 Å². The number of ether oxygens (including phenoxy) is 1. The molecular formula is C15H23N3O3. The van der Waals surface area contributed by atoms with Crippen molar-refractivity contribution in [1.82, 2.24) is 9.47 Å². The Bertz CT molecular complexity index is 528. The molecule has 0 aliphatic carbocycles. The average Bonchev–Trinajstić information content (AvgIpc) is 2.88. The topological polar surface area (TPSA) is 77.6 Å². The molecule has 0 spiro atoms. The van der Waals surface area contributed by atoms with Crippen molar-refractivity contribution in [2.45, 2.75) is 32.7 Å². The van der Waals surface area contributed by atoms with Gasteiger partial charge in [0, 0.05) is 25.3 Å². The van der Waals surface area contributed by atoms with E-state index in [1.54, 1.807) is 17.2 Å². The van der Waals surface area contributed by atoms with Crippen LogP contribution in [0, 0.1) is 5.92 Å². The van der Waals surface area contributed by atoms with Gasteiger partial charge in [-0.2, -0.15) is 0 Å². The van der Waals surface area contributed by atoms with Crippen LogP contribution in [0.3, 0.4) is 0 Å². The number of hydrogen-bond acceptors (Lipinski definition) is 4. The zero-order valence-corrected chi connectivity index (χ0v) is 12.8. The lowest BCUT2D eigenvalue weighted by atomic mass is 9.97. The summed E-state index contributed by atoms with van der Waals surface area (Å²) in [4.78, 5) is 25.9. The molecule has 21 heavy (non-hydrogen) atoms. The van der Waals surface area contributed by atoms with Gasteiger partial charge >= 0.3 is 5.97 Å². The van der Waals surface area contributed by atoms with Crippen molar-refractivity contribution in [3.63, 3.8) is 0 Å². The van der Waals surface area contributed by atoms with Crippen LogP contribution in [-0.4, -0.2) is 41.5 Å². The number of hydrogen-bond donors (Lipinski definition) is 1. The minimum absolute atomic E-state index is 0.0243. The van der Waals surface area contributed by atoms with E-state index in [1.165, 1.54) is 7.11 Å². The molecule has 0 unspecified atom stereocenters. The van der Waals surface area contributed by atoms with Gasteiger partial charge in [0.15, 0.2) is 0 Å². The zero-order chi connectivity index (χ0) is 15.6. The standard InChI is InChI=1S/C15H23N3O3/c1-10(2)18-9-12(16)8-13(18)14(19)17-6-4-11(5-7-17)15(20)21-3/h8-11H,4-7,16H2,1-3H3. The largest absolute Gasteiger partial charge is 0.469 e. The molecule has 0 radical (unpaired) electrons. The summed E-state index contributed by atoms with van der Waals surface area (Å²) < 4.78 is 6.65. The van der Waals surface area contributed by atoms with Crippen LogP contribution in [0.1, 0.15) is 43.2 Å². The fourth-order valence-electron chi connectivity index (χ4n) is 2.75. The van der Waals surface area contributed by atoms with Gasteiger partial charge < -0.3 is 19.9 Å². The van der Waals surface area contributed by atoms with Crippen molar-refractivity contribution in [2.24, 2.45) is 5.92 Å². The first-order valence-corrected chi connectivity index (χ1v) is 7.28. The second-order valence-electron chi connectivity index (χ2n) is 5.75. The Morgan fingerprint density at radius 1 is 1.33 bits per heavy atom. The molecule has 0 aromatic carbocycles. The Kier molecular flexibility index (Phi) is 4.55. The Balaban J connectivity index is 2.07. The van der Waals surface area contributed by atoms with E-state index in [0.717, 1.165) is 0 Å². The molecule has 1 aliphatic rings. The molecule has 1 saturated heterocycles. The van der Waals surface area contributed by atoms with Crippen molar-refractivity contribution in [3.05, 3.63) is 18.0 Å². The summed E-state index contributed by atoms with van der Waals surface area (Å²) in [6, 6.07) is 1.89. The maximum atomic E-state index is 12.6. The van der Waals surface area contributed by atoms with Crippen molar-refractivity contribution < 1.29 is 14.3 Å². The molecule has 2 heterocycles. The third kappa shape index (κ3) is 3.20. The first-order valence-electron chi connectivity index (χ1n) is 7.28. The zero-order valence-electron chi connectivity index (χ0n) is 12.8. The molecule has 6 nitrogen and oxygen atoms in total. The van der Waals surface area contributed by atoms with Gasteiger partial charge in [-0.05, 0) is 32.8 Å². The number of nitrogens with zero attached hydrogens (tertiary/aromatic N) is 2. The molecule has 1 fully saturated rings. The number of carbonyl (C=O) groups is 2. The van der Waals surface area contributed by atoms with Crippen LogP contribution in [-0.2, 0) is 9.53 Å². The second-order valence-corrected chi connectivity index (χ2v) is 5.75. The molecular weight excluding hydrogens is 270 g/mol. The van der Waals surface area contributed by atoms with E-state index in [1.807, 2.05) is 18.4 Å². The first kappa shape index (κ1) is 15.4. The Labute approximate surface area is 124 Å². The molecule has 1 aliphatic heterocycles. The molecule has 116 valence electrons. The Morgan fingerprint density at radius 2 is 1.95 bits per heavy atom. The fourth-order valence-corrected chi connectivity index (χ4v) is 2.75. The quantitative estimate of drug-likeness (QED) is 0.860. The summed E-state index contributed by atoms with van der Waals surface area (Å²) in [5.41, 5.74) is 7.02. The normalized spacial score (nSPS) is 16.3. The van der Waals surface area contributed by atoms with Crippen LogP contribution >= 0.6 is 0 Å². The smallest absolute Gasteiger partial charge is 0.308 e. The molecule has 2 N–H and O–H groups in total. The lowest BCUT2D eigenvalue weighted by Gasteiger charge is -2.31. The van der Waals surface area contributed by atoms with E-state index in [0.29, 0.717) is 37.3 Å². The number of nitrogens with two attached hydrogens (primary N) is 1. The molecule has 1 amide bonds. The number of piperidine rings is 1. The average molecular weight is 293 g/mol. The summed E-state index contributed by atoms with van der Waals surface area (Å²) in [5, 5.41) is 0. The van der Waals surface area contributed by atoms with Crippen molar-refractivity contribution in [1.29, 1.82) is 0 Å². The SMILES string of the molecule is COC(=O)C1CCN(C(=O)c2cc(N)cn2C(C)C)CC1. The lowest BCUT2D eigenvalue weighted by molar-refractivity contribution is -0.146. The summed E-state index contributed by atoms with van der Waals surface area (Å²) in [6.45, 7) is 5.17. The maximum absolute atomic E-state index is 12.6. The van der Waals surface area contributed by atoms with Gasteiger partial charge in [-0.3, -0.25) is 9.59 Å². The highest BCUT2D eigenvalue weighted by molar-refractivity contribution is 5.94.